The Balaban J connectivity index is 1.46. The third-order valence-corrected chi connectivity index (χ3v) is 7.38. The Morgan fingerprint density at radius 1 is 0.980 bits per heavy atom. The first-order valence-corrected chi connectivity index (χ1v) is 15.9. The average molecular weight is 674 g/mol. The summed E-state index contributed by atoms with van der Waals surface area (Å²) in [5.41, 5.74) is 2.91. The quantitative estimate of drug-likeness (QED) is 0.110. The predicted octanol–water partition coefficient (Wildman–Crippen LogP) is 6.46. The Morgan fingerprint density at radius 3 is 2.47 bits per heavy atom. The molecule has 1 aromatic heterocycles. The monoisotopic (exact) mass is 673 g/mol. The van der Waals surface area contributed by atoms with Crippen LogP contribution in [0.4, 0.5) is 16.2 Å². The van der Waals surface area contributed by atoms with E-state index >= 15 is 0 Å². The van der Waals surface area contributed by atoms with Crippen LogP contribution < -0.4 is 25.0 Å². The van der Waals surface area contributed by atoms with Crippen molar-refractivity contribution >= 4 is 46.3 Å². The van der Waals surface area contributed by atoms with E-state index in [0.717, 1.165) is 12.0 Å². The normalized spacial score (nSPS) is 11.1. The highest BCUT2D eigenvalue weighted by Crippen LogP contribution is 2.32. The van der Waals surface area contributed by atoms with Crippen molar-refractivity contribution in [3.63, 3.8) is 0 Å². The summed E-state index contributed by atoms with van der Waals surface area (Å²) in [6.45, 7) is 7.71. The molecule has 0 bridgehead atoms. The van der Waals surface area contributed by atoms with Crippen molar-refractivity contribution in [2.75, 3.05) is 31.0 Å². The number of aliphatic carboxylic acids is 1. The largest absolute Gasteiger partial charge is 0.495 e. The fourth-order valence-electron chi connectivity index (χ4n) is 4.99. The zero-order valence-electron chi connectivity index (χ0n) is 28.6. The number of aryl methyl sites for hydroxylation is 1. The molecule has 4 aromatic rings. The molecule has 4 rings (SSSR count). The van der Waals surface area contributed by atoms with E-state index in [4.69, 9.17) is 19.3 Å². The Bertz CT molecular complexity index is 1830. The van der Waals surface area contributed by atoms with Gasteiger partial charge in [0.15, 0.2) is 0 Å². The summed E-state index contributed by atoms with van der Waals surface area (Å²) in [7, 11) is 3.10. The number of benzene rings is 3. The summed E-state index contributed by atoms with van der Waals surface area (Å²) in [5, 5.41) is 14.3. The molecule has 0 radical (unpaired) electrons. The average Bonchev–Trinajstić information content (AvgIpc) is 3.47. The van der Waals surface area contributed by atoms with Crippen LogP contribution in [0.5, 0.6) is 11.5 Å². The summed E-state index contributed by atoms with van der Waals surface area (Å²) in [4.78, 5) is 59.0. The lowest BCUT2D eigenvalue weighted by molar-refractivity contribution is -0.137. The van der Waals surface area contributed by atoms with Crippen molar-refractivity contribution in [1.29, 1.82) is 0 Å². The number of carboxylic acid groups (broad SMARTS) is 1. The Morgan fingerprint density at radius 2 is 1.76 bits per heavy atom. The molecule has 4 N–H and O–H groups in total. The maximum absolute atomic E-state index is 13.6. The van der Waals surface area contributed by atoms with Crippen molar-refractivity contribution in [1.82, 2.24) is 15.3 Å². The van der Waals surface area contributed by atoms with Crippen LogP contribution in [0.1, 0.15) is 78.6 Å². The van der Waals surface area contributed by atoms with Gasteiger partial charge in [-0.05, 0) is 95.0 Å². The van der Waals surface area contributed by atoms with Crippen LogP contribution in [0, 0.1) is 6.92 Å². The minimum Gasteiger partial charge on any atom is -0.495 e. The number of methoxy groups -OCH3 is 1. The molecule has 0 fully saturated rings. The van der Waals surface area contributed by atoms with Crippen LogP contribution in [0.2, 0.25) is 0 Å². The van der Waals surface area contributed by atoms with E-state index in [0.29, 0.717) is 64.6 Å². The number of hydrogen-bond donors (Lipinski definition) is 4. The summed E-state index contributed by atoms with van der Waals surface area (Å²) < 4.78 is 16.8. The number of carbonyl (C=O) groups excluding carboxylic acids is 3. The van der Waals surface area contributed by atoms with Gasteiger partial charge in [-0.3, -0.25) is 14.4 Å². The van der Waals surface area contributed by atoms with Crippen LogP contribution in [-0.4, -0.2) is 65.3 Å². The molecule has 49 heavy (non-hydrogen) atoms. The van der Waals surface area contributed by atoms with Gasteiger partial charge >= 0.3 is 12.1 Å². The molecule has 13 nitrogen and oxygen atoms in total. The van der Waals surface area contributed by atoms with Gasteiger partial charge in [-0.1, -0.05) is 12.1 Å². The van der Waals surface area contributed by atoms with Gasteiger partial charge in [-0.15, -0.1) is 0 Å². The molecule has 0 atom stereocenters. The number of carbonyl (C=O) groups is 4. The van der Waals surface area contributed by atoms with Crippen molar-refractivity contribution < 1.29 is 38.5 Å². The topological polar surface area (TPSA) is 172 Å². The highest BCUT2D eigenvalue weighted by atomic mass is 16.6. The number of aromatic nitrogens is 2. The van der Waals surface area contributed by atoms with Crippen LogP contribution in [0.15, 0.2) is 54.6 Å². The third kappa shape index (κ3) is 9.95. The molecule has 0 unspecified atom stereocenters. The van der Waals surface area contributed by atoms with Gasteiger partial charge in [0.1, 0.15) is 28.4 Å². The van der Waals surface area contributed by atoms with E-state index in [9.17, 15) is 19.2 Å². The third-order valence-electron chi connectivity index (χ3n) is 7.38. The lowest BCUT2D eigenvalue weighted by Crippen LogP contribution is -2.32. The number of nitrogens with zero attached hydrogens (tertiary/aromatic N) is 2. The van der Waals surface area contributed by atoms with Crippen molar-refractivity contribution in [3.8, 4) is 11.5 Å². The molecule has 0 aliphatic rings. The van der Waals surface area contributed by atoms with E-state index < -0.39 is 23.6 Å². The molecule has 0 spiro atoms. The number of para-hydroxylation sites is 1. The van der Waals surface area contributed by atoms with E-state index in [1.165, 1.54) is 12.0 Å². The van der Waals surface area contributed by atoms with Gasteiger partial charge in [-0.2, -0.15) is 0 Å². The maximum atomic E-state index is 13.6. The zero-order chi connectivity index (χ0) is 35.7. The minimum atomic E-state index is -0.818. The molecule has 3 aromatic carbocycles. The number of nitrogens with one attached hydrogen (secondary N) is 3. The second-order valence-corrected chi connectivity index (χ2v) is 12.5. The van der Waals surface area contributed by atoms with Gasteiger partial charge in [0.05, 0.1) is 42.7 Å². The first-order valence-electron chi connectivity index (χ1n) is 15.9. The molecule has 0 saturated heterocycles. The SMILES string of the molecule is COc1cc(C(=O)N(C)c2ccc(C)cc2OCCCCCC(=O)O)ccc1NC(=O)c1cccc2[nH]c(CNC(=O)OC(C)(C)C)nc12. The molecule has 3 amide bonds. The number of unbranched alkanes of at least 4 members (excludes halogenated alkanes) is 2. The number of H-pyrrole nitrogens is 1. The molecule has 0 aliphatic heterocycles. The van der Waals surface area contributed by atoms with Gasteiger partial charge in [0, 0.05) is 19.0 Å². The number of rotatable bonds is 14. The summed E-state index contributed by atoms with van der Waals surface area (Å²) in [5.74, 6) is -0.305. The van der Waals surface area contributed by atoms with E-state index in [2.05, 4.69) is 20.6 Å². The van der Waals surface area contributed by atoms with Crippen LogP contribution in [0.3, 0.4) is 0 Å². The van der Waals surface area contributed by atoms with E-state index in [1.807, 2.05) is 25.1 Å². The second-order valence-electron chi connectivity index (χ2n) is 12.5. The van der Waals surface area contributed by atoms with Gasteiger partial charge < -0.3 is 39.8 Å². The smallest absolute Gasteiger partial charge is 0.408 e. The minimum absolute atomic E-state index is 0.0766. The van der Waals surface area contributed by atoms with E-state index in [-0.39, 0.29) is 24.6 Å². The zero-order valence-corrected chi connectivity index (χ0v) is 28.6. The number of carboxylic acids is 1. The Labute approximate surface area is 285 Å². The predicted molar refractivity (Wildman–Crippen MR) is 186 cm³/mol. The highest BCUT2D eigenvalue weighted by Gasteiger charge is 2.22. The Hall–Kier alpha value is -5.59. The maximum Gasteiger partial charge on any atom is 0.408 e. The number of aromatic amines is 1. The van der Waals surface area contributed by atoms with Crippen molar-refractivity contribution in [2.24, 2.45) is 0 Å². The summed E-state index contributed by atoms with van der Waals surface area (Å²) in [6.07, 6.45) is 1.52. The fraction of sp³-hybridized carbons (Fsp3) is 0.361. The highest BCUT2D eigenvalue weighted by molar-refractivity contribution is 6.12. The first kappa shape index (κ1) is 36.2. The lowest BCUT2D eigenvalue weighted by Gasteiger charge is -2.22. The first-order chi connectivity index (χ1) is 23.3. The molecule has 0 saturated carbocycles. The second kappa shape index (κ2) is 16.0. The van der Waals surface area contributed by atoms with Crippen LogP contribution in [0.25, 0.3) is 11.0 Å². The number of hydrogen-bond acceptors (Lipinski definition) is 8. The molecule has 13 heteroatoms. The number of ether oxygens (including phenoxy) is 3. The lowest BCUT2D eigenvalue weighted by atomic mass is 10.1. The van der Waals surface area contributed by atoms with Gasteiger partial charge in [0.2, 0.25) is 0 Å². The molecule has 1 heterocycles. The number of anilines is 2. The number of alkyl carbamates (subject to hydrolysis) is 1. The van der Waals surface area contributed by atoms with Gasteiger partial charge in [-0.25, -0.2) is 9.78 Å². The van der Waals surface area contributed by atoms with Crippen LogP contribution >= 0.6 is 0 Å². The molecular weight excluding hydrogens is 630 g/mol. The van der Waals surface area contributed by atoms with Crippen molar-refractivity contribution in [2.45, 2.75) is 65.5 Å². The molecule has 260 valence electrons. The fourth-order valence-corrected chi connectivity index (χ4v) is 4.99. The van der Waals surface area contributed by atoms with Crippen molar-refractivity contribution in [3.05, 3.63) is 77.1 Å². The summed E-state index contributed by atoms with van der Waals surface area (Å²) >= 11 is 0. The molecule has 0 aliphatic carbocycles. The number of imidazole rings is 1. The molecular formula is C36H43N5O8. The van der Waals surface area contributed by atoms with E-state index in [1.54, 1.807) is 64.2 Å². The van der Waals surface area contributed by atoms with Crippen LogP contribution in [-0.2, 0) is 16.1 Å². The number of fused-ring (bicyclic) bond motifs is 1. The Kier molecular flexibility index (Phi) is 11.8. The standard InChI is InChI=1S/C36H43N5O8/c1-22-14-17-27(29(19-22)48-18-9-7-8-13-31(42)43)41(5)34(45)23-15-16-25(28(20-23)47-6)39-33(44)24-11-10-12-26-32(24)40-30(38-26)21-37-35(46)49-36(2,3)4/h10-12,14-17,19-20H,7-9,13,18,21H2,1-6H3,(H,37,46)(H,38,40)(H,39,44)(H,42,43). The number of amides is 3. The van der Waals surface area contributed by atoms with Gasteiger partial charge in [0.25, 0.3) is 11.8 Å². The summed E-state index contributed by atoms with van der Waals surface area (Å²) in [6, 6.07) is 15.5.